The van der Waals surface area contributed by atoms with E-state index in [4.69, 9.17) is 0 Å². The van der Waals surface area contributed by atoms with Gasteiger partial charge in [0.15, 0.2) is 0 Å². The lowest BCUT2D eigenvalue weighted by Crippen LogP contribution is -2.47. The molecule has 0 spiro atoms. The van der Waals surface area contributed by atoms with Crippen LogP contribution in [-0.2, 0) is 10.0 Å². The molecule has 7 heteroatoms. The quantitative estimate of drug-likeness (QED) is 0.892. The Morgan fingerprint density at radius 3 is 2.19 bits per heavy atom. The normalized spacial score (nSPS) is 15.7. The molecule has 0 unspecified atom stereocenters. The summed E-state index contributed by atoms with van der Waals surface area (Å²) in [5, 5.41) is 0. The Morgan fingerprint density at radius 1 is 0.962 bits per heavy atom. The topological polar surface area (TPSA) is 69.7 Å². The number of amides is 1. The van der Waals surface area contributed by atoms with Gasteiger partial charge in [-0.05, 0) is 49.9 Å². The first-order chi connectivity index (χ1) is 12.4. The highest BCUT2D eigenvalue weighted by atomic mass is 32.2. The van der Waals surface area contributed by atoms with Crippen molar-refractivity contribution in [1.29, 1.82) is 0 Å². The predicted octanol–water partition coefficient (Wildman–Crippen LogP) is 2.18. The first-order valence-corrected chi connectivity index (χ1v) is 10.0. The van der Waals surface area contributed by atoms with Crippen LogP contribution < -0.4 is 4.72 Å². The Hall–Kier alpha value is -2.38. The Balaban J connectivity index is 1.72. The molecule has 1 N–H and O–H groups in total. The number of anilines is 1. The summed E-state index contributed by atoms with van der Waals surface area (Å²) < 4.78 is 27.6. The van der Waals surface area contributed by atoms with Gasteiger partial charge < -0.3 is 9.80 Å². The van der Waals surface area contributed by atoms with E-state index in [1.165, 1.54) is 0 Å². The van der Waals surface area contributed by atoms with Gasteiger partial charge in [-0.2, -0.15) is 0 Å². The Bertz CT molecular complexity index is 887. The highest BCUT2D eigenvalue weighted by Gasteiger charge is 2.21. The second kappa shape index (κ2) is 7.47. The molecule has 26 heavy (non-hydrogen) atoms. The largest absolute Gasteiger partial charge is 0.336 e. The Kier molecular flexibility index (Phi) is 5.29. The van der Waals surface area contributed by atoms with Crippen molar-refractivity contribution in [3.63, 3.8) is 0 Å². The van der Waals surface area contributed by atoms with E-state index in [0.717, 1.165) is 13.1 Å². The SMILES string of the molecule is Cc1ccccc1S(=O)(=O)Nc1ccc(C(=O)N2CCN(C)CC2)cc1. The zero-order chi connectivity index (χ0) is 18.7. The molecule has 0 saturated carbocycles. The van der Waals surface area contributed by atoms with Crippen LogP contribution in [0.1, 0.15) is 15.9 Å². The van der Waals surface area contributed by atoms with Gasteiger partial charge in [0.05, 0.1) is 4.90 Å². The molecular weight excluding hydrogens is 350 g/mol. The van der Waals surface area contributed by atoms with E-state index in [-0.39, 0.29) is 10.8 Å². The van der Waals surface area contributed by atoms with Gasteiger partial charge >= 0.3 is 0 Å². The second-order valence-electron chi connectivity index (χ2n) is 6.54. The number of aryl methyl sites for hydroxylation is 1. The first kappa shape index (κ1) is 18.4. The van der Waals surface area contributed by atoms with E-state index in [1.807, 2.05) is 11.9 Å². The highest BCUT2D eigenvalue weighted by Crippen LogP contribution is 2.20. The number of carbonyl (C=O) groups is 1. The minimum absolute atomic E-state index is 0.0218. The molecule has 2 aromatic carbocycles. The van der Waals surface area contributed by atoms with E-state index in [9.17, 15) is 13.2 Å². The molecule has 3 rings (SSSR count). The van der Waals surface area contributed by atoms with Gasteiger partial charge in [-0.25, -0.2) is 8.42 Å². The third kappa shape index (κ3) is 4.05. The first-order valence-electron chi connectivity index (χ1n) is 8.53. The van der Waals surface area contributed by atoms with Gasteiger partial charge in [-0.15, -0.1) is 0 Å². The second-order valence-corrected chi connectivity index (χ2v) is 8.19. The number of benzene rings is 2. The van der Waals surface area contributed by atoms with E-state index in [0.29, 0.717) is 29.9 Å². The molecule has 138 valence electrons. The standard InChI is InChI=1S/C19H23N3O3S/c1-15-5-3-4-6-18(15)26(24,25)20-17-9-7-16(8-10-17)19(23)22-13-11-21(2)12-14-22/h3-10,20H,11-14H2,1-2H3. The minimum atomic E-state index is -3.65. The molecule has 6 nitrogen and oxygen atoms in total. The van der Waals surface area contributed by atoms with Gasteiger partial charge in [-0.1, -0.05) is 18.2 Å². The van der Waals surface area contributed by atoms with Crippen LogP contribution in [0.25, 0.3) is 0 Å². The van der Waals surface area contributed by atoms with Crippen LogP contribution >= 0.6 is 0 Å². The van der Waals surface area contributed by atoms with Gasteiger partial charge in [0.25, 0.3) is 15.9 Å². The van der Waals surface area contributed by atoms with Gasteiger partial charge in [0, 0.05) is 37.4 Å². The Morgan fingerprint density at radius 2 is 1.58 bits per heavy atom. The van der Waals surface area contributed by atoms with Crippen molar-refractivity contribution in [2.24, 2.45) is 0 Å². The van der Waals surface area contributed by atoms with Crippen molar-refractivity contribution < 1.29 is 13.2 Å². The minimum Gasteiger partial charge on any atom is -0.336 e. The van der Waals surface area contributed by atoms with E-state index >= 15 is 0 Å². The fourth-order valence-corrected chi connectivity index (χ4v) is 4.25. The number of hydrogen-bond donors (Lipinski definition) is 1. The molecule has 1 saturated heterocycles. The summed E-state index contributed by atoms with van der Waals surface area (Å²) in [5.74, 6) is -0.0218. The zero-order valence-electron chi connectivity index (χ0n) is 15.0. The summed E-state index contributed by atoms with van der Waals surface area (Å²) in [6.07, 6.45) is 0. The van der Waals surface area contributed by atoms with Crippen LogP contribution in [0.2, 0.25) is 0 Å². The zero-order valence-corrected chi connectivity index (χ0v) is 15.8. The fraction of sp³-hybridized carbons (Fsp3) is 0.316. The van der Waals surface area contributed by atoms with Crippen LogP contribution in [0.3, 0.4) is 0 Å². The Labute approximate surface area is 154 Å². The molecule has 0 atom stereocenters. The lowest BCUT2D eigenvalue weighted by Gasteiger charge is -2.32. The average molecular weight is 373 g/mol. The lowest BCUT2D eigenvalue weighted by molar-refractivity contribution is 0.0664. The average Bonchev–Trinajstić information content (AvgIpc) is 2.62. The number of carbonyl (C=O) groups excluding carboxylic acids is 1. The fourth-order valence-electron chi connectivity index (χ4n) is 2.94. The maximum Gasteiger partial charge on any atom is 0.262 e. The van der Waals surface area contributed by atoms with Crippen LogP contribution in [0, 0.1) is 6.92 Å². The molecule has 1 aliphatic heterocycles. The monoisotopic (exact) mass is 373 g/mol. The van der Waals surface area contributed by atoms with E-state index in [2.05, 4.69) is 9.62 Å². The van der Waals surface area contributed by atoms with Gasteiger partial charge in [0.1, 0.15) is 0 Å². The van der Waals surface area contributed by atoms with Crippen molar-refractivity contribution in [2.75, 3.05) is 37.9 Å². The number of rotatable bonds is 4. The van der Waals surface area contributed by atoms with Crippen LogP contribution in [0.5, 0.6) is 0 Å². The van der Waals surface area contributed by atoms with Crippen LogP contribution in [0.15, 0.2) is 53.4 Å². The lowest BCUT2D eigenvalue weighted by atomic mass is 10.1. The number of hydrogen-bond acceptors (Lipinski definition) is 4. The summed E-state index contributed by atoms with van der Waals surface area (Å²) >= 11 is 0. The van der Waals surface area contributed by atoms with Crippen molar-refractivity contribution in [2.45, 2.75) is 11.8 Å². The van der Waals surface area contributed by atoms with Crippen molar-refractivity contribution in [1.82, 2.24) is 9.80 Å². The summed E-state index contributed by atoms with van der Waals surface area (Å²) in [7, 11) is -1.62. The molecular formula is C19H23N3O3S. The van der Waals surface area contributed by atoms with Crippen molar-refractivity contribution in [3.05, 3.63) is 59.7 Å². The molecule has 0 radical (unpaired) electrons. The van der Waals surface area contributed by atoms with Gasteiger partial charge in [-0.3, -0.25) is 9.52 Å². The molecule has 0 aromatic heterocycles. The van der Waals surface area contributed by atoms with E-state index in [1.54, 1.807) is 55.5 Å². The molecule has 0 bridgehead atoms. The molecule has 1 aliphatic rings. The summed E-state index contributed by atoms with van der Waals surface area (Å²) in [5.41, 5.74) is 1.68. The summed E-state index contributed by atoms with van der Waals surface area (Å²) in [4.78, 5) is 16.8. The van der Waals surface area contributed by atoms with Crippen molar-refractivity contribution >= 4 is 21.6 Å². The number of nitrogens with zero attached hydrogens (tertiary/aromatic N) is 2. The third-order valence-corrected chi connectivity index (χ3v) is 6.10. The molecule has 1 fully saturated rings. The van der Waals surface area contributed by atoms with Gasteiger partial charge in [0.2, 0.25) is 0 Å². The number of nitrogens with one attached hydrogen (secondary N) is 1. The summed E-state index contributed by atoms with van der Waals surface area (Å²) in [6, 6.07) is 13.4. The maximum absolute atomic E-state index is 12.5. The number of likely N-dealkylation sites (N-methyl/N-ethyl adjacent to an activating group) is 1. The van der Waals surface area contributed by atoms with Crippen LogP contribution in [0.4, 0.5) is 5.69 Å². The highest BCUT2D eigenvalue weighted by molar-refractivity contribution is 7.92. The molecule has 1 amide bonds. The maximum atomic E-state index is 12.5. The smallest absolute Gasteiger partial charge is 0.262 e. The molecule has 0 aliphatic carbocycles. The van der Waals surface area contributed by atoms with Crippen molar-refractivity contribution in [3.8, 4) is 0 Å². The predicted molar refractivity (Wildman–Crippen MR) is 102 cm³/mol. The third-order valence-electron chi connectivity index (χ3n) is 4.56. The summed E-state index contributed by atoms with van der Waals surface area (Å²) in [6.45, 7) is 4.89. The number of sulfonamides is 1. The molecule has 2 aromatic rings. The molecule has 1 heterocycles. The van der Waals surface area contributed by atoms with Crippen LogP contribution in [-0.4, -0.2) is 57.4 Å². The van der Waals surface area contributed by atoms with E-state index < -0.39 is 10.0 Å². The number of piperazine rings is 1.